The first-order chi connectivity index (χ1) is 7.70. The second kappa shape index (κ2) is 5.48. The SMILES string of the molecule is CNC(CN1CCN(C2CC2)CC1)C(C)C. The van der Waals surface area contributed by atoms with E-state index in [2.05, 4.69) is 36.0 Å². The highest BCUT2D eigenvalue weighted by Gasteiger charge is 2.31. The fourth-order valence-corrected chi connectivity index (χ4v) is 2.66. The highest BCUT2D eigenvalue weighted by molar-refractivity contribution is 4.88. The summed E-state index contributed by atoms with van der Waals surface area (Å²) < 4.78 is 0. The van der Waals surface area contributed by atoms with Crippen molar-refractivity contribution in [2.24, 2.45) is 5.92 Å². The Bertz CT molecular complexity index is 205. The summed E-state index contributed by atoms with van der Waals surface area (Å²) in [6.07, 6.45) is 2.90. The number of hydrogen-bond donors (Lipinski definition) is 1. The molecule has 1 unspecified atom stereocenters. The van der Waals surface area contributed by atoms with Crippen LogP contribution in [0.5, 0.6) is 0 Å². The van der Waals surface area contributed by atoms with Crippen molar-refractivity contribution < 1.29 is 0 Å². The third-order valence-corrected chi connectivity index (χ3v) is 4.10. The van der Waals surface area contributed by atoms with Crippen LogP contribution in [-0.4, -0.2) is 61.7 Å². The van der Waals surface area contributed by atoms with Crippen molar-refractivity contribution in [3.05, 3.63) is 0 Å². The van der Waals surface area contributed by atoms with Gasteiger partial charge in [-0.2, -0.15) is 0 Å². The Balaban J connectivity index is 1.71. The van der Waals surface area contributed by atoms with E-state index in [9.17, 15) is 0 Å². The average Bonchev–Trinajstić information content (AvgIpc) is 3.10. The van der Waals surface area contributed by atoms with Gasteiger partial charge in [0.25, 0.3) is 0 Å². The zero-order valence-corrected chi connectivity index (χ0v) is 11.1. The van der Waals surface area contributed by atoms with Gasteiger partial charge in [-0.3, -0.25) is 9.80 Å². The van der Waals surface area contributed by atoms with E-state index in [0.717, 1.165) is 12.0 Å². The molecule has 1 aliphatic heterocycles. The molecule has 0 aromatic heterocycles. The predicted octanol–water partition coefficient (Wildman–Crippen LogP) is 1.01. The Hall–Kier alpha value is -0.120. The summed E-state index contributed by atoms with van der Waals surface area (Å²) in [4.78, 5) is 5.31. The number of nitrogens with zero attached hydrogens (tertiary/aromatic N) is 2. The minimum absolute atomic E-state index is 0.646. The second-order valence-electron chi connectivity index (χ2n) is 5.71. The third kappa shape index (κ3) is 3.19. The van der Waals surface area contributed by atoms with Crippen LogP contribution < -0.4 is 5.32 Å². The van der Waals surface area contributed by atoms with Gasteiger partial charge in [-0.05, 0) is 25.8 Å². The number of nitrogens with one attached hydrogen (secondary N) is 1. The number of hydrogen-bond acceptors (Lipinski definition) is 3. The second-order valence-corrected chi connectivity index (χ2v) is 5.71. The van der Waals surface area contributed by atoms with E-state index in [-0.39, 0.29) is 0 Å². The van der Waals surface area contributed by atoms with E-state index in [4.69, 9.17) is 0 Å². The Labute approximate surface area is 100 Å². The van der Waals surface area contributed by atoms with E-state index in [0.29, 0.717) is 6.04 Å². The first kappa shape index (κ1) is 12.3. The summed E-state index contributed by atoms with van der Waals surface area (Å²) in [5.41, 5.74) is 0. The summed E-state index contributed by atoms with van der Waals surface area (Å²) in [5, 5.41) is 3.44. The molecule has 94 valence electrons. The molecule has 1 N–H and O–H groups in total. The van der Waals surface area contributed by atoms with Gasteiger partial charge in [-0.1, -0.05) is 13.8 Å². The zero-order valence-electron chi connectivity index (χ0n) is 11.1. The Kier molecular flexibility index (Phi) is 4.22. The molecule has 3 nitrogen and oxygen atoms in total. The fraction of sp³-hybridized carbons (Fsp3) is 1.00. The van der Waals surface area contributed by atoms with Crippen LogP contribution in [0.2, 0.25) is 0 Å². The van der Waals surface area contributed by atoms with E-state index in [1.165, 1.54) is 45.6 Å². The highest BCUT2D eigenvalue weighted by Crippen LogP contribution is 2.27. The van der Waals surface area contributed by atoms with Gasteiger partial charge in [-0.15, -0.1) is 0 Å². The summed E-state index contributed by atoms with van der Waals surface area (Å²) >= 11 is 0. The van der Waals surface area contributed by atoms with Crippen molar-refractivity contribution in [2.75, 3.05) is 39.8 Å². The molecule has 2 rings (SSSR count). The van der Waals surface area contributed by atoms with E-state index in [1.54, 1.807) is 0 Å². The predicted molar refractivity (Wildman–Crippen MR) is 68.7 cm³/mol. The lowest BCUT2D eigenvalue weighted by atomic mass is 10.0. The quantitative estimate of drug-likeness (QED) is 0.753. The summed E-state index contributed by atoms with van der Waals surface area (Å²) in [6, 6.07) is 1.60. The molecular formula is C13H27N3. The summed E-state index contributed by atoms with van der Waals surface area (Å²) in [7, 11) is 2.09. The normalized spacial score (nSPS) is 26.2. The van der Waals surface area contributed by atoms with Crippen molar-refractivity contribution in [3.63, 3.8) is 0 Å². The lowest BCUT2D eigenvalue weighted by Crippen LogP contribution is -2.51. The van der Waals surface area contributed by atoms with E-state index in [1.807, 2.05) is 0 Å². The molecule has 16 heavy (non-hydrogen) atoms. The first-order valence-corrected chi connectivity index (χ1v) is 6.84. The van der Waals surface area contributed by atoms with Gasteiger partial charge in [0, 0.05) is 44.8 Å². The van der Waals surface area contributed by atoms with Gasteiger partial charge in [0.2, 0.25) is 0 Å². The van der Waals surface area contributed by atoms with Crippen LogP contribution in [-0.2, 0) is 0 Å². The lowest BCUT2D eigenvalue weighted by molar-refractivity contribution is 0.112. The Morgan fingerprint density at radius 2 is 1.75 bits per heavy atom. The van der Waals surface area contributed by atoms with Gasteiger partial charge in [0.1, 0.15) is 0 Å². The Morgan fingerprint density at radius 3 is 2.19 bits per heavy atom. The minimum atomic E-state index is 0.646. The van der Waals surface area contributed by atoms with Crippen molar-refractivity contribution in [1.82, 2.24) is 15.1 Å². The molecule has 1 saturated heterocycles. The van der Waals surface area contributed by atoms with Crippen LogP contribution in [0.25, 0.3) is 0 Å². The van der Waals surface area contributed by atoms with Crippen molar-refractivity contribution >= 4 is 0 Å². The van der Waals surface area contributed by atoms with Gasteiger partial charge in [0.15, 0.2) is 0 Å². The molecule has 0 aromatic carbocycles. The molecule has 1 saturated carbocycles. The van der Waals surface area contributed by atoms with Crippen LogP contribution in [0, 0.1) is 5.92 Å². The van der Waals surface area contributed by atoms with E-state index < -0.39 is 0 Å². The van der Waals surface area contributed by atoms with Gasteiger partial charge < -0.3 is 5.32 Å². The first-order valence-electron chi connectivity index (χ1n) is 6.84. The maximum Gasteiger partial charge on any atom is 0.0214 e. The average molecular weight is 225 g/mol. The smallest absolute Gasteiger partial charge is 0.0214 e. The molecular weight excluding hydrogens is 198 g/mol. The number of piperazine rings is 1. The maximum absolute atomic E-state index is 3.44. The summed E-state index contributed by atoms with van der Waals surface area (Å²) in [5.74, 6) is 0.728. The molecule has 1 aliphatic carbocycles. The summed E-state index contributed by atoms with van der Waals surface area (Å²) in [6.45, 7) is 10.9. The monoisotopic (exact) mass is 225 g/mol. The molecule has 2 aliphatic rings. The third-order valence-electron chi connectivity index (χ3n) is 4.10. The molecule has 0 aromatic rings. The molecule has 0 bridgehead atoms. The largest absolute Gasteiger partial charge is 0.315 e. The fourth-order valence-electron chi connectivity index (χ4n) is 2.66. The van der Waals surface area contributed by atoms with Crippen molar-refractivity contribution in [1.29, 1.82) is 0 Å². The molecule has 1 heterocycles. The maximum atomic E-state index is 3.44. The molecule has 2 fully saturated rings. The van der Waals surface area contributed by atoms with Crippen molar-refractivity contribution in [2.45, 2.75) is 38.8 Å². The molecule has 0 spiro atoms. The lowest BCUT2D eigenvalue weighted by Gasteiger charge is -2.37. The molecule has 0 amide bonds. The van der Waals surface area contributed by atoms with Crippen LogP contribution in [0.1, 0.15) is 26.7 Å². The topological polar surface area (TPSA) is 18.5 Å². The Morgan fingerprint density at radius 1 is 1.12 bits per heavy atom. The number of likely N-dealkylation sites (N-methyl/N-ethyl adjacent to an activating group) is 1. The standard InChI is InChI=1S/C13H27N3/c1-11(2)13(14-3)10-15-6-8-16(9-7-15)12-4-5-12/h11-14H,4-10H2,1-3H3. The van der Waals surface area contributed by atoms with Gasteiger partial charge >= 0.3 is 0 Å². The number of rotatable bonds is 5. The van der Waals surface area contributed by atoms with Crippen molar-refractivity contribution in [3.8, 4) is 0 Å². The van der Waals surface area contributed by atoms with Crippen LogP contribution in [0.15, 0.2) is 0 Å². The van der Waals surface area contributed by atoms with Crippen LogP contribution in [0.4, 0.5) is 0 Å². The van der Waals surface area contributed by atoms with Crippen LogP contribution in [0.3, 0.4) is 0 Å². The highest BCUT2D eigenvalue weighted by atomic mass is 15.3. The molecule has 1 atom stereocenters. The molecule has 3 heteroatoms. The zero-order chi connectivity index (χ0) is 11.5. The minimum Gasteiger partial charge on any atom is -0.315 e. The molecule has 0 radical (unpaired) electrons. The van der Waals surface area contributed by atoms with Gasteiger partial charge in [0.05, 0.1) is 0 Å². The van der Waals surface area contributed by atoms with Gasteiger partial charge in [-0.25, -0.2) is 0 Å². The van der Waals surface area contributed by atoms with Crippen LogP contribution >= 0.6 is 0 Å². The van der Waals surface area contributed by atoms with E-state index >= 15 is 0 Å².